The minimum Gasteiger partial charge on any atom is -0.505 e. The fourth-order valence-electron chi connectivity index (χ4n) is 1.50. The number of aromatic nitrogens is 1. The van der Waals surface area contributed by atoms with Gasteiger partial charge in [-0.3, -0.25) is 4.79 Å². The SMILES string of the molecule is O=C(O)c1ccc(NC(=O)c2ncccc2O)c(F)c1. The van der Waals surface area contributed by atoms with Gasteiger partial charge in [0.15, 0.2) is 5.69 Å². The van der Waals surface area contributed by atoms with Crippen molar-refractivity contribution in [1.29, 1.82) is 0 Å². The summed E-state index contributed by atoms with van der Waals surface area (Å²) in [5.41, 5.74) is -0.694. The van der Waals surface area contributed by atoms with Gasteiger partial charge in [0.2, 0.25) is 0 Å². The number of benzene rings is 1. The molecule has 1 aromatic heterocycles. The van der Waals surface area contributed by atoms with Gasteiger partial charge in [0.05, 0.1) is 11.3 Å². The quantitative estimate of drug-likeness (QED) is 0.794. The molecule has 0 spiro atoms. The molecule has 20 heavy (non-hydrogen) atoms. The van der Waals surface area contributed by atoms with Crippen LogP contribution in [0.2, 0.25) is 0 Å². The summed E-state index contributed by atoms with van der Waals surface area (Å²) in [5, 5.41) is 20.4. The third-order valence-electron chi connectivity index (χ3n) is 2.47. The van der Waals surface area contributed by atoms with Crippen molar-refractivity contribution in [3.05, 3.63) is 53.6 Å². The van der Waals surface area contributed by atoms with Crippen LogP contribution >= 0.6 is 0 Å². The van der Waals surface area contributed by atoms with Crippen LogP contribution in [0.25, 0.3) is 0 Å². The van der Waals surface area contributed by atoms with E-state index in [1.165, 1.54) is 18.3 Å². The van der Waals surface area contributed by atoms with Gasteiger partial charge in [-0.1, -0.05) is 0 Å². The van der Waals surface area contributed by atoms with Gasteiger partial charge in [-0.15, -0.1) is 0 Å². The molecule has 0 aliphatic rings. The summed E-state index contributed by atoms with van der Waals surface area (Å²) in [6.07, 6.45) is 1.30. The monoisotopic (exact) mass is 276 g/mol. The lowest BCUT2D eigenvalue weighted by atomic mass is 10.2. The van der Waals surface area contributed by atoms with Crippen LogP contribution in [0.5, 0.6) is 5.75 Å². The van der Waals surface area contributed by atoms with Crippen LogP contribution in [0.4, 0.5) is 10.1 Å². The van der Waals surface area contributed by atoms with E-state index in [1.54, 1.807) is 0 Å². The predicted octanol–water partition coefficient (Wildman–Crippen LogP) is 1.88. The van der Waals surface area contributed by atoms with E-state index in [1.807, 2.05) is 0 Å². The molecule has 2 aromatic rings. The van der Waals surface area contributed by atoms with Gasteiger partial charge in [0, 0.05) is 6.20 Å². The number of nitrogens with one attached hydrogen (secondary N) is 1. The molecule has 0 aliphatic carbocycles. The van der Waals surface area contributed by atoms with E-state index in [0.717, 1.165) is 18.2 Å². The summed E-state index contributed by atoms with van der Waals surface area (Å²) in [6.45, 7) is 0. The second-order valence-corrected chi connectivity index (χ2v) is 3.83. The first kappa shape index (κ1) is 13.5. The third kappa shape index (κ3) is 2.72. The van der Waals surface area contributed by atoms with Crippen molar-refractivity contribution in [2.45, 2.75) is 0 Å². The van der Waals surface area contributed by atoms with E-state index in [0.29, 0.717) is 0 Å². The topological polar surface area (TPSA) is 99.5 Å². The minimum absolute atomic E-state index is 0.204. The summed E-state index contributed by atoms with van der Waals surface area (Å²) in [7, 11) is 0. The lowest BCUT2D eigenvalue weighted by Gasteiger charge is -2.07. The maximum atomic E-state index is 13.6. The van der Waals surface area contributed by atoms with Crippen LogP contribution in [-0.2, 0) is 0 Å². The average Bonchev–Trinajstić information content (AvgIpc) is 2.41. The Bertz CT molecular complexity index is 688. The molecule has 0 atom stereocenters. The first-order valence-corrected chi connectivity index (χ1v) is 5.47. The Balaban J connectivity index is 2.25. The molecule has 6 nitrogen and oxygen atoms in total. The lowest BCUT2D eigenvalue weighted by Crippen LogP contribution is -2.15. The van der Waals surface area contributed by atoms with Crippen molar-refractivity contribution < 1.29 is 24.2 Å². The van der Waals surface area contributed by atoms with Gasteiger partial charge in [-0.25, -0.2) is 14.2 Å². The number of amides is 1. The third-order valence-corrected chi connectivity index (χ3v) is 2.47. The first-order chi connectivity index (χ1) is 9.49. The van der Waals surface area contributed by atoms with E-state index < -0.39 is 17.7 Å². The van der Waals surface area contributed by atoms with E-state index in [9.17, 15) is 19.1 Å². The molecule has 0 fully saturated rings. The fraction of sp³-hybridized carbons (Fsp3) is 0. The van der Waals surface area contributed by atoms with Gasteiger partial charge in [-0.05, 0) is 30.3 Å². The first-order valence-electron chi connectivity index (χ1n) is 5.47. The highest BCUT2D eigenvalue weighted by Crippen LogP contribution is 2.19. The lowest BCUT2D eigenvalue weighted by molar-refractivity contribution is 0.0696. The van der Waals surface area contributed by atoms with Crippen LogP contribution in [0.1, 0.15) is 20.8 Å². The molecule has 0 unspecified atom stereocenters. The number of hydrogen-bond donors (Lipinski definition) is 3. The summed E-state index contributed by atoms with van der Waals surface area (Å²) in [5.74, 6) is -3.31. The van der Waals surface area contributed by atoms with Crippen LogP contribution in [0.3, 0.4) is 0 Å². The molecule has 0 saturated carbocycles. The normalized spacial score (nSPS) is 10.1. The van der Waals surface area contributed by atoms with E-state index >= 15 is 0 Å². The van der Waals surface area contributed by atoms with Gasteiger partial charge < -0.3 is 15.5 Å². The number of hydrogen-bond acceptors (Lipinski definition) is 4. The zero-order valence-corrected chi connectivity index (χ0v) is 10.0. The fourth-order valence-corrected chi connectivity index (χ4v) is 1.50. The average molecular weight is 276 g/mol. The molecule has 7 heteroatoms. The van der Waals surface area contributed by atoms with Gasteiger partial charge in [0.25, 0.3) is 5.91 Å². The molecule has 1 aromatic carbocycles. The Morgan fingerprint density at radius 3 is 2.60 bits per heavy atom. The molecule has 0 bridgehead atoms. The summed E-state index contributed by atoms with van der Waals surface area (Å²) < 4.78 is 13.6. The van der Waals surface area contributed by atoms with Crippen LogP contribution in [0.15, 0.2) is 36.5 Å². The Kier molecular flexibility index (Phi) is 3.60. The van der Waals surface area contributed by atoms with Crippen LogP contribution in [0, 0.1) is 5.82 Å². The molecule has 3 N–H and O–H groups in total. The number of aromatic carboxylic acids is 1. The van der Waals surface area contributed by atoms with Crippen molar-refractivity contribution in [3.63, 3.8) is 0 Å². The van der Waals surface area contributed by atoms with Gasteiger partial charge >= 0.3 is 5.97 Å². The molecule has 102 valence electrons. The zero-order chi connectivity index (χ0) is 14.7. The van der Waals surface area contributed by atoms with Crippen molar-refractivity contribution in [3.8, 4) is 5.75 Å². The summed E-state index contributed by atoms with van der Waals surface area (Å²) in [4.78, 5) is 26.1. The second-order valence-electron chi connectivity index (χ2n) is 3.83. The number of nitrogens with zero attached hydrogens (tertiary/aromatic N) is 1. The van der Waals surface area contributed by atoms with E-state index in [-0.39, 0.29) is 22.7 Å². The van der Waals surface area contributed by atoms with Crippen molar-refractivity contribution in [2.75, 3.05) is 5.32 Å². The highest BCUT2D eigenvalue weighted by atomic mass is 19.1. The number of carbonyl (C=O) groups excluding carboxylic acids is 1. The highest BCUT2D eigenvalue weighted by Gasteiger charge is 2.15. The smallest absolute Gasteiger partial charge is 0.335 e. The number of rotatable bonds is 3. The number of halogens is 1. The maximum absolute atomic E-state index is 13.6. The summed E-state index contributed by atoms with van der Waals surface area (Å²) in [6, 6.07) is 5.77. The number of carboxylic acids is 1. The minimum atomic E-state index is -1.27. The number of carbonyl (C=O) groups is 2. The van der Waals surface area contributed by atoms with Gasteiger partial charge in [0.1, 0.15) is 11.6 Å². The molecular weight excluding hydrogens is 267 g/mol. The van der Waals surface area contributed by atoms with Crippen LogP contribution < -0.4 is 5.32 Å². The maximum Gasteiger partial charge on any atom is 0.335 e. The molecule has 0 aliphatic heterocycles. The molecule has 0 saturated heterocycles. The van der Waals surface area contributed by atoms with Crippen molar-refractivity contribution in [1.82, 2.24) is 4.98 Å². The van der Waals surface area contributed by atoms with E-state index in [2.05, 4.69) is 10.3 Å². The molecule has 1 amide bonds. The molecule has 2 rings (SSSR count). The Hall–Kier alpha value is -2.96. The number of aromatic hydroxyl groups is 1. The number of anilines is 1. The largest absolute Gasteiger partial charge is 0.505 e. The standard InChI is InChI=1S/C13H9FN2O4/c14-8-6-7(13(19)20)3-4-9(8)16-12(18)11-10(17)2-1-5-15-11/h1-6,17H,(H,16,18)(H,19,20). The Morgan fingerprint density at radius 2 is 2.00 bits per heavy atom. The second kappa shape index (κ2) is 5.35. The van der Waals surface area contributed by atoms with Crippen LogP contribution in [-0.4, -0.2) is 27.1 Å². The molecular formula is C13H9FN2O4. The Morgan fingerprint density at radius 1 is 1.25 bits per heavy atom. The Labute approximate surface area is 112 Å². The number of pyridine rings is 1. The van der Waals surface area contributed by atoms with Gasteiger partial charge in [-0.2, -0.15) is 0 Å². The zero-order valence-electron chi connectivity index (χ0n) is 10.0. The predicted molar refractivity (Wildman–Crippen MR) is 67.2 cm³/mol. The van der Waals surface area contributed by atoms with E-state index in [4.69, 9.17) is 5.11 Å². The molecule has 0 radical (unpaired) electrons. The molecule has 1 heterocycles. The number of carboxylic acid groups (broad SMARTS) is 1. The highest BCUT2D eigenvalue weighted by molar-refractivity contribution is 6.04. The van der Waals surface area contributed by atoms with Crippen molar-refractivity contribution in [2.24, 2.45) is 0 Å². The summed E-state index contributed by atoms with van der Waals surface area (Å²) >= 11 is 0. The van der Waals surface area contributed by atoms with Crippen molar-refractivity contribution >= 4 is 17.6 Å².